The van der Waals surface area contributed by atoms with Crippen LogP contribution in [0.3, 0.4) is 0 Å². The Morgan fingerprint density at radius 2 is 1.93 bits per heavy atom. The molecule has 4 aliphatic carbocycles. The fourth-order valence-corrected chi connectivity index (χ4v) is 10.6. The van der Waals surface area contributed by atoms with Gasteiger partial charge in [0.15, 0.2) is 0 Å². The lowest BCUT2D eigenvalue weighted by Gasteiger charge is -2.49. The monoisotopic (exact) mass is 573 g/mol. The van der Waals surface area contributed by atoms with Gasteiger partial charge in [-0.3, -0.25) is 0 Å². The maximum Gasteiger partial charge on any atom is 0.410 e. The van der Waals surface area contributed by atoms with E-state index in [1.54, 1.807) is 16.7 Å². The number of ether oxygens (including phenoxy) is 3. The van der Waals surface area contributed by atoms with Gasteiger partial charge in [0.2, 0.25) is 0 Å². The number of hydrogen-bond acceptors (Lipinski definition) is 4. The molecule has 0 N–H and O–H groups in total. The molecule has 1 amide bonds. The Labute approximate surface area is 253 Å². The Kier molecular flexibility index (Phi) is 7.37. The van der Waals surface area contributed by atoms with Crippen molar-refractivity contribution in [3.8, 4) is 0 Å². The molecule has 42 heavy (non-hydrogen) atoms. The number of fused-ring (bicyclic) bond motifs is 6. The number of rotatable bonds is 3. The van der Waals surface area contributed by atoms with Crippen LogP contribution >= 0.6 is 0 Å². The van der Waals surface area contributed by atoms with Gasteiger partial charge in [-0.15, -0.1) is 0 Å². The minimum Gasteiger partial charge on any atom is -0.445 e. The van der Waals surface area contributed by atoms with Crippen LogP contribution in [0.5, 0.6) is 0 Å². The molecule has 5 heteroatoms. The molecular formula is C37H51NO4. The minimum atomic E-state index is -0.190. The third-order valence-electron chi connectivity index (χ3n) is 12.9. The normalized spacial score (nSPS) is 42.8. The van der Waals surface area contributed by atoms with E-state index < -0.39 is 0 Å². The van der Waals surface area contributed by atoms with Crippen molar-refractivity contribution in [1.82, 2.24) is 4.90 Å². The summed E-state index contributed by atoms with van der Waals surface area (Å²) in [5.41, 5.74) is 6.19. The molecule has 2 saturated carbocycles. The number of methoxy groups -OCH3 is 1. The molecule has 6 aliphatic rings. The minimum absolute atomic E-state index is 0.0861. The lowest BCUT2D eigenvalue weighted by atomic mass is 9.56. The number of hydrogen-bond donors (Lipinski definition) is 0. The molecule has 2 saturated heterocycles. The van der Waals surface area contributed by atoms with Crippen LogP contribution in [-0.4, -0.2) is 48.5 Å². The van der Waals surface area contributed by atoms with E-state index in [4.69, 9.17) is 14.2 Å². The van der Waals surface area contributed by atoms with Crippen LogP contribution in [0.4, 0.5) is 4.79 Å². The van der Waals surface area contributed by atoms with Crippen molar-refractivity contribution in [2.75, 3.05) is 13.7 Å². The maximum atomic E-state index is 13.5. The number of carbonyl (C=O) groups excluding carboxylic acids is 1. The molecule has 7 rings (SSSR count). The van der Waals surface area contributed by atoms with E-state index in [0.717, 1.165) is 49.6 Å². The number of allylic oxidation sites excluding steroid dienone is 2. The Morgan fingerprint density at radius 1 is 1.12 bits per heavy atom. The van der Waals surface area contributed by atoms with Crippen molar-refractivity contribution in [3.63, 3.8) is 0 Å². The highest BCUT2D eigenvalue weighted by atomic mass is 16.6. The number of carbonyl (C=O) groups is 1. The lowest BCUT2D eigenvalue weighted by Crippen LogP contribution is -2.54. The second-order valence-corrected chi connectivity index (χ2v) is 15.1. The molecular weight excluding hydrogens is 522 g/mol. The topological polar surface area (TPSA) is 48.0 Å². The molecule has 228 valence electrons. The van der Waals surface area contributed by atoms with Crippen molar-refractivity contribution >= 4 is 6.09 Å². The van der Waals surface area contributed by atoms with Gasteiger partial charge >= 0.3 is 6.09 Å². The molecule has 10 atom stereocenters. The summed E-state index contributed by atoms with van der Waals surface area (Å²) in [6.07, 6.45) is 13.3. The molecule has 1 aromatic carbocycles. The highest BCUT2D eigenvalue weighted by Gasteiger charge is 2.60. The summed E-state index contributed by atoms with van der Waals surface area (Å²) in [5, 5.41) is 0. The van der Waals surface area contributed by atoms with Gasteiger partial charge in [-0.05, 0) is 99.4 Å². The second-order valence-electron chi connectivity index (χ2n) is 15.1. The summed E-state index contributed by atoms with van der Waals surface area (Å²) in [7, 11) is 1.88. The van der Waals surface area contributed by atoms with E-state index in [0.29, 0.717) is 30.0 Å². The molecule has 5 nitrogen and oxygen atoms in total. The van der Waals surface area contributed by atoms with Crippen molar-refractivity contribution < 1.29 is 19.0 Å². The van der Waals surface area contributed by atoms with E-state index in [2.05, 4.69) is 33.8 Å². The molecule has 4 fully saturated rings. The average Bonchev–Trinajstić information content (AvgIpc) is 3.45. The van der Waals surface area contributed by atoms with Crippen LogP contribution in [0.25, 0.3) is 0 Å². The van der Waals surface area contributed by atoms with Crippen molar-refractivity contribution in [2.45, 2.75) is 116 Å². The Bertz CT molecular complexity index is 1260. The van der Waals surface area contributed by atoms with Crippen molar-refractivity contribution in [3.05, 3.63) is 58.7 Å². The summed E-state index contributed by atoms with van der Waals surface area (Å²) < 4.78 is 18.9. The van der Waals surface area contributed by atoms with Gasteiger partial charge < -0.3 is 19.1 Å². The lowest BCUT2D eigenvalue weighted by molar-refractivity contribution is -0.0784. The summed E-state index contributed by atoms with van der Waals surface area (Å²) in [4.78, 5) is 15.6. The van der Waals surface area contributed by atoms with E-state index in [9.17, 15) is 4.79 Å². The highest BCUT2D eigenvalue weighted by molar-refractivity contribution is 5.68. The molecule has 0 unspecified atom stereocenters. The van der Waals surface area contributed by atoms with E-state index in [1.165, 1.54) is 32.1 Å². The quantitative estimate of drug-likeness (QED) is 0.343. The third-order valence-corrected chi connectivity index (χ3v) is 12.9. The van der Waals surface area contributed by atoms with Gasteiger partial charge in [-0.1, -0.05) is 73.9 Å². The number of likely N-dealkylation sites (tertiary alicyclic amines) is 1. The molecule has 0 bridgehead atoms. The van der Waals surface area contributed by atoms with Gasteiger partial charge in [0.25, 0.3) is 0 Å². The van der Waals surface area contributed by atoms with Crippen LogP contribution in [0.2, 0.25) is 0 Å². The molecule has 2 heterocycles. The van der Waals surface area contributed by atoms with Crippen molar-refractivity contribution in [1.29, 1.82) is 0 Å². The highest BCUT2D eigenvalue weighted by Crippen LogP contribution is 2.64. The predicted octanol–water partition coefficient (Wildman–Crippen LogP) is 8.10. The Hall–Kier alpha value is -2.11. The molecule has 0 aromatic heterocycles. The fraction of sp³-hybridized carbons (Fsp3) is 0.703. The zero-order valence-corrected chi connectivity index (χ0v) is 26.4. The molecule has 1 aromatic rings. The maximum absolute atomic E-state index is 13.5. The van der Waals surface area contributed by atoms with Gasteiger partial charge in [-0.25, -0.2) is 4.79 Å². The summed E-state index contributed by atoms with van der Waals surface area (Å²) >= 11 is 0. The van der Waals surface area contributed by atoms with Crippen LogP contribution < -0.4 is 0 Å². The van der Waals surface area contributed by atoms with E-state index in [1.807, 2.05) is 42.3 Å². The second kappa shape index (κ2) is 10.8. The molecule has 0 radical (unpaired) electrons. The Morgan fingerprint density at radius 3 is 2.71 bits per heavy atom. The van der Waals surface area contributed by atoms with Crippen LogP contribution in [0.15, 0.2) is 53.1 Å². The number of benzene rings is 1. The largest absolute Gasteiger partial charge is 0.445 e. The van der Waals surface area contributed by atoms with Crippen LogP contribution in [0.1, 0.15) is 91.0 Å². The SMILES string of the molecule is CO[C@H]1CC[C@@]2(C)C(=CC[C@H]3[C@@H]4CC[C@@]5(CC(C)=C4C[C@@H]32)O[C@@H]2C[C@H](C)CN(C(=O)OCc3ccccc3)[C@H]2[C@H]5C)C1. The Balaban J connectivity index is 1.10. The van der Waals surface area contributed by atoms with E-state index >= 15 is 0 Å². The number of amides is 1. The van der Waals surface area contributed by atoms with Gasteiger partial charge in [0.1, 0.15) is 6.61 Å². The first kappa shape index (κ1) is 28.6. The first-order valence-electron chi connectivity index (χ1n) is 16.8. The zero-order valence-electron chi connectivity index (χ0n) is 26.4. The average molecular weight is 574 g/mol. The molecule has 1 spiro atoms. The first-order valence-corrected chi connectivity index (χ1v) is 16.8. The number of nitrogens with zero attached hydrogens (tertiary/aromatic N) is 1. The fourth-order valence-electron chi connectivity index (χ4n) is 10.6. The molecule has 2 aliphatic heterocycles. The smallest absolute Gasteiger partial charge is 0.410 e. The van der Waals surface area contributed by atoms with E-state index in [-0.39, 0.29) is 29.8 Å². The first-order chi connectivity index (χ1) is 20.2. The van der Waals surface area contributed by atoms with Crippen LogP contribution in [0, 0.1) is 35.0 Å². The number of piperidine rings is 1. The third kappa shape index (κ3) is 4.60. The van der Waals surface area contributed by atoms with Gasteiger partial charge in [-0.2, -0.15) is 0 Å². The van der Waals surface area contributed by atoms with Gasteiger partial charge in [0.05, 0.1) is 23.9 Å². The van der Waals surface area contributed by atoms with Crippen molar-refractivity contribution in [2.24, 2.45) is 35.0 Å². The summed E-state index contributed by atoms with van der Waals surface area (Å²) in [6, 6.07) is 10.1. The summed E-state index contributed by atoms with van der Waals surface area (Å²) in [6.45, 7) is 10.7. The van der Waals surface area contributed by atoms with Crippen LogP contribution in [-0.2, 0) is 20.8 Å². The predicted molar refractivity (Wildman–Crippen MR) is 165 cm³/mol. The van der Waals surface area contributed by atoms with Gasteiger partial charge in [0, 0.05) is 19.6 Å². The standard InChI is InChI=1S/C37H51NO4/c1-23-17-33-34(38(21-23)35(39)41-22-26-9-7-6-8-10-26)25(3)37(42-33)16-14-29-30-12-11-27-18-28(40-5)13-15-36(27,4)32(30)19-31(29)24(2)20-37/h6-11,23,25,28-30,32-34H,12-22H2,1-5H3/t23-,25+,28-,29-,30-,32-,33+,34-,36-,37-/m0/s1. The zero-order chi connectivity index (χ0) is 29.2. The summed E-state index contributed by atoms with van der Waals surface area (Å²) in [5.74, 6) is 2.87.